The van der Waals surface area contributed by atoms with Crippen LogP contribution in [0, 0.1) is 0 Å². The van der Waals surface area contributed by atoms with Crippen molar-refractivity contribution < 1.29 is 14.3 Å². The van der Waals surface area contributed by atoms with Gasteiger partial charge in [-0.25, -0.2) is 0 Å². The van der Waals surface area contributed by atoms with Gasteiger partial charge in [0, 0.05) is 12.6 Å². The number of carbonyl (C=O) groups excluding carboxylic acids is 1. The summed E-state index contributed by atoms with van der Waals surface area (Å²) in [5.41, 5.74) is 0. The van der Waals surface area contributed by atoms with Crippen LogP contribution in [0.3, 0.4) is 0 Å². The first-order chi connectivity index (χ1) is 7.83. The fraction of sp³-hybridized carbons (Fsp3) is 0.917. The maximum atomic E-state index is 11.0. The first-order valence-corrected chi connectivity index (χ1v) is 6.29. The molecule has 0 amide bonds. The summed E-state index contributed by atoms with van der Waals surface area (Å²) in [6.45, 7) is 4.61. The molecule has 1 unspecified atom stereocenters. The lowest BCUT2D eigenvalue weighted by atomic mass is 10.0. The lowest BCUT2D eigenvalue weighted by molar-refractivity contribution is -0.144. The zero-order chi connectivity index (χ0) is 11.6. The molecule has 0 aromatic rings. The number of nitrogens with one attached hydrogen (secondary N) is 1. The Morgan fingerprint density at radius 1 is 1.38 bits per heavy atom. The van der Waals surface area contributed by atoms with E-state index in [9.17, 15) is 4.79 Å². The molecule has 1 heterocycles. The molecule has 0 saturated carbocycles. The van der Waals surface area contributed by atoms with Crippen molar-refractivity contribution in [3.05, 3.63) is 0 Å². The van der Waals surface area contributed by atoms with E-state index < -0.39 is 0 Å². The third-order valence-electron chi connectivity index (χ3n) is 2.78. The molecule has 0 radical (unpaired) electrons. The molecule has 1 saturated heterocycles. The van der Waals surface area contributed by atoms with E-state index in [-0.39, 0.29) is 5.97 Å². The Balaban J connectivity index is 1.89. The van der Waals surface area contributed by atoms with Crippen LogP contribution < -0.4 is 5.32 Å². The SMILES string of the molecule is CCOC(=O)CCOCCC1CCCCN1. The summed E-state index contributed by atoms with van der Waals surface area (Å²) in [5.74, 6) is -0.168. The molecule has 0 bridgehead atoms. The second-order valence-corrected chi connectivity index (χ2v) is 4.10. The number of hydrogen-bond donors (Lipinski definition) is 1. The van der Waals surface area contributed by atoms with Gasteiger partial charge < -0.3 is 14.8 Å². The first-order valence-electron chi connectivity index (χ1n) is 6.29. The molecule has 4 nitrogen and oxygen atoms in total. The highest BCUT2D eigenvalue weighted by Crippen LogP contribution is 2.09. The lowest BCUT2D eigenvalue weighted by Gasteiger charge is -2.23. The molecule has 16 heavy (non-hydrogen) atoms. The third kappa shape index (κ3) is 6.08. The van der Waals surface area contributed by atoms with Crippen LogP contribution >= 0.6 is 0 Å². The standard InChI is InChI=1S/C12H23NO3/c1-2-16-12(14)7-10-15-9-6-11-5-3-4-8-13-11/h11,13H,2-10H2,1H3. The molecule has 0 aromatic carbocycles. The molecular formula is C12H23NO3. The van der Waals surface area contributed by atoms with Crippen LogP contribution in [0.2, 0.25) is 0 Å². The lowest BCUT2D eigenvalue weighted by Crippen LogP contribution is -2.34. The summed E-state index contributed by atoms with van der Waals surface area (Å²) in [6.07, 6.45) is 5.27. The Kier molecular flexibility index (Phi) is 7.17. The van der Waals surface area contributed by atoms with Crippen molar-refractivity contribution in [2.24, 2.45) is 0 Å². The zero-order valence-electron chi connectivity index (χ0n) is 10.2. The van der Waals surface area contributed by atoms with Crippen molar-refractivity contribution in [1.82, 2.24) is 5.32 Å². The van der Waals surface area contributed by atoms with Crippen molar-refractivity contribution in [2.75, 3.05) is 26.4 Å². The highest BCUT2D eigenvalue weighted by atomic mass is 16.5. The quantitative estimate of drug-likeness (QED) is 0.531. The van der Waals surface area contributed by atoms with Gasteiger partial charge in [0.25, 0.3) is 0 Å². The van der Waals surface area contributed by atoms with Crippen LogP contribution in [-0.4, -0.2) is 38.4 Å². The number of carbonyl (C=O) groups is 1. The topological polar surface area (TPSA) is 47.6 Å². The maximum absolute atomic E-state index is 11.0. The average molecular weight is 229 g/mol. The Bertz CT molecular complexity index is 191. The van der Waals surface area contributed by atoms with Crippen LogP contribution in [0.5, 0.6) is 0 Å². The minimum atomic E-state index is -0.168. The van der Waals surface area contributed by atoms with Crippen LogP contribution in [0.15, 0.2) is 0 Å². The van der Waals surface area contributed by atoms with E-state index in [0.29, 0.717) is 25.7 Å². The van der Waals surface area contributed by atoms with Gasteiger partial charge in [0.15, 0.2) is 0 Å². The van der Waals surface area contributed by atoms with Crippen LogP contribution in [0.1, 0.15) is 39.0 Å². The number of hydrogen-bond acceptors (Lipinski definition) is 4. The smallest absolute Gasteiger partial charge is 0.308 e. The molecule has 1 N–H and O–H groups in total. The normalized spacial score (nSPS) is 20.7. The Morgan fingerprint density at radius 3 is 2.94 bits per heavy atom. The van der Waals surface area contributed by atoms with Gasteiger partial charge in [-0.1, -0.05) is 6.42 Å². The molecule has 1 aliphatic heterocycles. The molecule has 4 heteroatoms. The van der Waals surface area contributed by atoms with Crippen LogP contribution in [0.4, 0.5) is 0 Å². The molecule has 0 aliphatic carbocycles. The largest absolute Gasteiger partial charge is 0.466 e. The zero-order valence-corrected chi connectivity index (χ0v) is 10.2. The molecule has 1 atom stereocenters. The molecule has 94 valence electrons. The van der Waals surface area contributed by atoms with Gasteiger partial charge in [0.1, 0.15) is 0 Å². The number of esters is 1. The van der Waals surface area contributed by atoms with E-state index in [0.717, 1.165) is 19.6 Å². The van der Waals surface area contributed by atoms with E-state index in [1.807, 2.05) is 6.92 Å². The van der Waals surface area contributed by atoms with E-state index in [2.05, 4.69) is 5.32 Å². The van der Waals surface area contributed by atoms with Crippen molar-refractivity contribution >= 4 is 5.97 Å². The van der Waals surface area contributed by atoms with Gasteiger partial charge in [0.05, 0.1) is 19.6 Å². The average Bonchev–Trinajstić information content (AvgIpc) is 2.30. The molecule has 1 aliphatic rings. The number of ether oxygens (including phenoxy) is 2. The van der Waals surface area contributed by atoms with Gasteiger partial charge in [-0.15, -0.1) is 0 Å². The summed E-state index contributed by atoms with van der Waals surface area (Å²) >= 11 is 0. The Morgan fingerprint density at radius 2 is 2.25 bits per heavy atom. The fourth-order valence-corrected chi connectivity index (χ4v) is 1.89. The number of rotatable bonds is 7. The summed E-state index contributed by atoms with van der Waals surface area (Å²) in [6, 6.07) is 0.608. The summed E-state index contributed by atoms with van der Waals surface area (Å²) < 4.78 is 10.2. The van der Waals surface area contributed by atoms with Crippen LogP contribution in [0.25, 0.3) is 0 Å². The van der Waals surface area contributed by atoms with Crippen LogP contribution in [-0.2, 0) is 14.3 Å². The second-order valence-electron chi connectivity index (χ2n) is 4.10. The molecule has 1 rings (SSSR count). The molecule has 1 fully saturated rings. The molecule has 0 spiro atoms. The van der Waals surface area contributed by atoms with E-state index in [1.165, 1.54) is 19.3 Å². The van der Waals surface area contributed by atoms with E-state index >= 15 is 0 Å². The van der Waals surface area contributed by atoms with Crippen molar-refractivity contribution in [2.45, 2.75) is 45.1 Å². The summed E-state index contributed by atoms with van der Waals surface area (Å²) in [5, 5.41) is 3.47. The van der Waals surface area contributed by atoms with Gasteiger partial charge in [-0.3, -0.25) is 4.79 Å². The minimum absolute atomic E-state index is 0.168. The van der Waals surface area contributed by atoms with Crippen molar-refractivity contribution in [3.8, 4) is 0 Å². The Labute approximate surface area is 97.7 Å². The van der Waals surface area contributed by atoms with Gasteiger partial charge in [0.2, 0.25) is 0 Å². The van der Waals surface area contributed by atoms with Crippen molar-refractivity contribution in [3.63, 3.8) is 0 Å². The third-order valence-corrected chi connectivity index (χ3v) is 2.78. The predicted molar refractivity (Wildman–Crippen MR) is 62.3 cm³/mol. The minimum Gasteiger partial charge on any atom is -0.466 e. The van der Waals surface area contributed by atoms with E-state index in [4.69, 9.17) is 9.47 Å². The Hall–Kier alpha value is -0.610. The summed E-state index contributed by atoms with van der Waals surface area (Å²) in [7, 11) is 0. The van der Waals surface area contributed by atoms with Crippen molar-refractivity contribution in [1.29, 1.82) is 0 Å². The predicted octanol–water partition coefficient (Wildman–Crippen LogP) is 1.49. The monoisotopic (exact) mass is 229 g/mol. The maximum Gasteiger partial charge on any atom is 0.308 e. The number of piperidine rings is 1. The van der Waals surface area contributed by atoms with Gasteiger partial charge >= 0.3 is 5.97 Å². The first kappa shape index (κ1) is 13.5. The van der Waals surface area contributed by atoms with E-state index in [1.54, 1.807) is 0 Å². The highest BCUT2D eigenvalue weighted by molar-refractivity contribution is 5.69. The highest BCUT2D eigenvalue weighted by Gasteiger charge is 2.11. The molecular weight excluding hydrogens is 206 g/mol. The summed E-state index contributed by atoms with van der Waals surface area (Å²) in [4.78, 5) is 11.0. The van der Waals surface area contributed by atoms with Gasteiger partial charge in [-0.2, -0.15) is 0 Å². The fourth-order valence-electron chi connectivity index (χ4n) is 1.89. The second kappa shape index (κ2) is 8.53. The molecule has 0 aromatic heterocycles. The van der Waals surface area contributed by atoms with Gasteiger partial charge in [-0.05, 0) is 32.7 Å².